The number of aromatic carboxylic acids is 1. The van der Waals surface area contributed by atoms with Crippen LogP contribution in [0.1, 0.15) is 16.1 Å². The van der Waals surface area contributed by atoms with Crippen molar-refractivity contribution in [1.82, 2.24) is 19.7 Å². The second-order valence-electron chi connectivity index (χ2n) is 4.70. The number of methoxy groups -OCH3 is 1. The first-order chi connectivity index (χ1) is 10.8. The summed E-state index contributed by atoms with van der Waals surface area (Å²) in [5, 5.41) is 16.6. The first kappa shape index (κ1) is 16.9. The van der Waals surface area contributed by atoms with Crippen LogP contribution in [0.15, 0.2) is 29.3 Å². The highest BCUT2D eigenvalue weighted by Gasteiger charge is 2.20. The summed E-state index contributed by atoms with van der Waals surface area (Å²) >= 11 is 0. The summed E-state index contributed by atoms with van der Waals surface area (Å²) in [5.41, 5.74) is 0.601. The molecule has 9 nitrogen and oxygen atoms in total. The van der Waals surface area contributed by atoms with Crippen LogP contribution in [-0.2, 0) is 23.5 Å². The summed E-state index contributed by atoms with van der Waals surface area (Å²) in [6.45, 7) is 0.130. The van der Waals surface area contributed by atoms with Gasteiger partial charge in [-0.05, 0) is 18.2 Å². The van der Waals surface area contributed by atoms with Crippen LogP contribution in [0.5, 0.6) is 5.75 Å². The fourth-order valence-corrected chi connectivity index (χ4v) is 3.10. The Morgan fingerprint density at radius 3 is 2.74 bits per heavy atom. The van der Waals surface area contributed by atoms with Crippen molar-refractivity contribution in [2.45, 2.75) is 11.3 Å². The molecule has 23 heavy (non-hydrogen) atoms. The van der Waals surface area contributed by atoms with Crippen LogP contribution in [0.25, 0.3) is 0 Å². The van der Waals surface area contributed by atoms with Crippen molar-refractivity contribution in [3.8, 4) is 5.75 Å². The number of aryl methyl sites for hydroxylation is 1. The summed E-state index contributed by atoms with van der Waals surface area (Å²) in [6, 6.07) is 3.58. The highest BCUT2D eigenvalue weighted by Crippen LogP contribution is 2.24. The molecule has 1 aromatic carbocycles. The molecule has 2 N–H and O–H groups in total. The molecule has 0 aliphatic rings. The summed E-state index contributed by atoms with van der Waals surface area (Å²) in [6.07, 6.45) is 2.07. The van der Waals surface area contributed by atoms with E-state index in [1.165, 1.54) is 30.0 Å². The van der Waals surface area contributed by atoms with Crippen molar-refractivity contribution < 1.29 is 23.1 Å². The fraction of sp³-hybridized carbons (Fsp3) is 0.308. The smallest absolute Gasteiger partial charge is 0.335 e. The van der Waals surface area contributed by atoms with E-state index in [4.69, 9.17) is 9.84 Å². The number of hydrogen-bond acceptors (Lipinski definition) is 6. The van der Waals surface area contributed by atoms with Gasteiger partial charge in [0.25, 0.3) is 0 Å². The van der Waals surface area contributed by atoms with E-state index in [1.54, 1.807) is 13.2 Å². The summed E-state index contributed by atoms with van der Waals surface area (Å²) in [7, 11) is -0.837. The lowest BCUT2D eigenvalue weighted by Gasteiger charge is -2.11. The molecule has 0 radical (unpaired) electrons. The van der Waals surface area contributed by atoms with Gasteiger partial charge in [-0.25, -0.2) is 17.9 Å². The minimum Gasteiger partial charge on any atom is -0.495 e. The van der Waals surface area contributed by atoms with Gasteiger partial charge in [0.1, 0.15) is 10.6 Å². The Morgan fingerprint density at radius 2 is 2.17 bits per heavy atom. The van der Waals surface area contributed by atoms with E-state index < -0.39 is 16.0 Å². The van der Waals surface area contributed by atoms with Gasteiger partial charge in [-0.2, -0.15) is 0 Å². The largest absolute Gasteiger partial charge is 0.495 e. The average molecular weight is 340 g/mol. The number of carbonyl (C=O) groups is 1. The van der Waals surface area contributed by atoms with Crippen LogP contribution in [-0.4, -0.2) is 48.1 Å². The van der Waals surface area contributed by atoms with Gasteiger partial charge in [0.2, 0.25) is 10.0 Å². The Balaban J connectivity index is 2.13. The van der Waals surface area contributed by atoms with Crippen molar-refractivity contribution in [2.24, 2.45) is 7.05 Å². The first-order valence-corrected chi connectivity index (χ1v) is 8.08. The third kappa shape index (κ3) is 4.05. The number of sulfonamides is 1. The fourth-order valence-electron chi connectivity index (χ4n) is 1.92. The molecular formula is C13H16N4O5S. The van der Waals surface area contributed by atoms with Crippen LogP contribution in [0, 0.1) is 0 Å². The van der Waals surface area contributed by atoms with Gasteiger partial charge < -0.3 is 9.84 Å². The van der Waals surface area contributed by atoms with Gasteiger partial charge in [0.15, 0.2) is 0 Å². The normalized spacial score (nSPS) is 11.4. The number of hydrogen-bond donors (Lipinski definition) is 2. The quantitative estimate of drug-likeness (QED) is 0.729. The Kier molecular flexibility index (Phi) is 4.96. The van der Waals surface area contributed by atoms with Gasteiger partial charge in [-0.15, -0.1) is 5.10 Å². The molecule has 0 amide bonds. The lowest BCUT2D eigenvalue weighted by Crippen LogP contribution is -2.26. The second-order valence-corrected chi connectivity index (χ2v) is 6.44. The minimum absolute atomic E-state index is 0.0306. The van der Waals surface area contributed by atoms with E-state index in [-0.39, 0.29) is 22.8 Å². The third-order valence-electron chi connectivity index (χ3n) is 3.02. The van der Waals surface area contributed by atoms with Gasteiger partial charge in [0, 0.05) is 26.2 Å². The molecule has 0 saturated carbocycles. The topological polar surface area (TPSA) is 123 Å². The van der Waals surface area contributed by atoms with E-state index in [0.717, 1.165) is 0 Å². The van der Waals surface area contributed by atoms with Crippen LogP contribution >= 0.6 is 0 Å². The average Bonchev–Trinajstić information content (AvgIpc) is 2.91. The van der Waals surface area contributed by atoms with E-state index in [9.17, 15) is 13.2 Å². The summed E-state index contributed by atoms with van der Waals surface area (Å²) in [4.78, 5) is 10.8. The predicted molar refractivity (Wildman–Crippen MR) is 79.8 cm³/mol. The van der Waals surface area contributed by atoms with Crippen LogP contribution in [0.2, 0.25) is 0 Å². The Bertz CT molecular complexity index is 816. The molecule has 0 aliphatic carbocycles. The van der Waals surface area contributed by atoms with Crippen molar-refractivity contribution in [2.75, 3.05) is 13.7 Å². The molecule has 0 unspecified atom stereocenters. The molecule has 0 bridgehead atoms. The molecular weight excluding hydrogens is 324 g/mol. The number of carboxylic acid groups (broad SMARTS) is 1. The molecule has 124 valence electrons. The van der Waals surface area contributed by atoms with Crippen LogP contribution in [0.3, 0.4) is 0 Å². The summed E-state index contributed by atoms with van der Waals surface area (Å²) < 4.78 is 33.5. The van der Waals surface area contributed by atoms with Gasteiger partial charge >= 0.3 is 5.97 Å². The standard InChI is InChI=1S/C13H16N4O5S/c1-17-8-10(15-16-17)5-6-14-23(20,21)12-4-3-9(13(18)19)7-11(12)22-2/h3-4,7-8,14H,5-6H2,1-2H3,(H,18,19). The number of carboxylic acids is 1. The molecule has 10 heteroatoms. The number of aromatic nitrogens is 3. The van der Waals surface area contributed by atoms with Crippen molar-refractivity contribution in [3.05, 3.63) is 35.7 Å². The minimum atomic E-state index is -3.83. The molecule has 1 heterocycles. The predicted octanol–water partition coefficient (Wildman–Crippen LogP) is 0.0429. The molecule has 0 atom stereocenters. The molecule has 0 aliphatic heterocycles. The molecule has 0 saturated heterocycles. The zero-order chi connectivity index (χ0) is 17.0. The van der Waals surface area contributed by atoms with E-state index in [1.807, 2.05) is 0 Å². The second kappa shape index (κ2) is 6.75. The highest BCUT2D eigenvalue weighted by molar-refractivity contribution is 7.89. The Labute approximate surface area is 132 Å². The Hall–Kier alpha value is -2.46. The third-order valence-corrected chi connectivity index (χ3v) is 4.52. The molecule has 2 rings (SSSR count). The van der Waals surface area contributed by atoms with E-state index in [0.29, 0.717) is 12.1 Å². The van der Waals surface area contributed by atoms with E-state index >= 15 is 0 Å². The summed E-state index contributed by atoms with van der Waals surface area (Å²) in [5.74, 6) is -1.19. The lowest BCUT2D eigenvalue weighted by molar-refractivity contribution is 0.0696. The zero-order valence-corrected chi connectivity index (χ0v) is 13.4. The van der Waals surface area contributed by atoms with Gasteiger partial charge in [-0.3, -0.25) is 4.68 Å². The van der Waals surface area contributed by atoms with Crippen molar-refractivity contribution in [3.63, 3.8) is 0 Å². The number of rotatable bonds is 7. The van der Waals surface area contributed by atoms with Gasteiger partial charge in [0.05, 0.1) is 18.4 Å². The number of nitrogens with one attached hydrogen (secondary N) is 1. The maximum Gasteiger partial charge on any atom is 0.335 e. The number of nitrogens with zero attached hydrogens (tertiary/aromatic N) is 3. The first-order valence-electron chi connectivity index (χ1n) is 6.59. The van der Waals surface area contributed by atoms with E-state index in [2.05, 4.69) is 15.0 Å². The molecule has 1 aromatic heterocycles. The lowest BCUT2D eigenvalue weighted by atomic mass is 10.2. The van der Waals surface area contributed by atoms with Crippen molar-refractivity contribution in [1.29, 1.82) is 0 Å². The monoisotopic (exact) mass is 340 g/mol. The molecule has 2 aromatic rings. The zero-order valence-electron chi connectivity index (χ0n) is 12.6. The maximum absolute atomic E-state index is 12.3. The van der Waals surface area contributed by atoms with Crippen LogP contribution < -0.4 is 9.46 Å². The SMILES string of the molecule is COc1cc(C(=O)O)ccc1S(=O)(=O)NCCc1cn(C)nn1. The highest BCUT2D eigenvalue weighted by atomic mass is 32.2. The van der Waals surface area contributed by atoms with Crippen LogP contribution in [0.4, 0.5) is 0 Å². The molecule has 0 spiro atoms. The number of ether oxygens (including phenoxy) is 1. The van der Waals surface area contributed by atoms with Crippen molar-refractivity contribution >= 4 is 16.0 Å². The maximum atomic E-state index is 12.3. The molecule has 0 fully saturated rings. The Morgan fingerprint density at radius 1 is 1.43 bits per heavy atom. The number of benzene rings is 1. The van der Waals surface area contributed by atoms with Gasteiger partial charge in [-0.1, -0.05) is 5.21 Å².